The summed E-state index contributed by atoms with van der Waals surface area (Å²) < 4.78 is 21.3. The average Bonchev–Trinajstić information content (AvgIpc) is 2.87. The topological polar surface area (TPSA) is 85.0 Å². The molecule has 0 heterocycles. The first-order valence-corrected chi connectivity index (χ1v) is 12.2. The molecule has 8 nitrogen and oxygen atoms in total. The SMILES string of the molecule is COc1ccc(CCNC(=S)NC[C@H](C)NC(=S)NCCc2ccc(OC)c(OC)c2)cc1OC. The number of ether oxygens (including phenoxy) is 4. The van der Waals surface area contributed by atoms with E-state index in [4.69, 9.17) is 43.4 Å². The second kappa shape index (κ2) is 15.1. The first-order valence-electron chi connectivity index (χ1n) is 11.4. The maximum absolute atomic E-state index is 5.41. The van der Waals surface area contributed by atoms with E-state index in [0.717, 1.165) is 47.0 Å². The summed E-state index contributed by atoms with van der Waals surface area (Å²) in [5.74, 6) is 2.88. The van der Waals surface area contributed by atoms with Gasteiger partial charge in [-0.2, -0.15) is 0 Å². The van der Waals surface area contributed by atoms with Gasteiger partial charge in [0, 0.05) is 25.7 Å². The molecule has 0 aliphatic rings. The Morgan fingerprint density at radius 1 is 0.686 bits per heavy atom. The van der Waals surface area contributed by atoms with Crippen LogP contribution in [0.1, 0.15) is 18.1 Å². The van der Waals surface area contributed by atoms with E-state index in [1.165, 1.54) is 0 Å². The summed E-state index contributed by atoms with van der Waals surface area (Å²) in [5, 5.41) is 14.2. The highest BCUT2D eigenvalue weighted by atomic mass is 32.1. The van der Waals surface area contributed by atoms with Crippen molar-refractivity contribution in [3.63, 3.8) is 0 Å². The van der Waals surface area contributed by atoms with Crippen LogP contribution >= 0.6 is 24.4 Å². The molecule has 0 bridgehead atoms. The maximum atomic E-state index is 5.41. The molecule has 0 saturated carbocycles. The van der Waals surface area contributed by atoms with Crippen LogP contribution < -0.4 is 40.2 Å². The minimum Gasteiger partial charge on any atom is -0.493 e. The molecule has 0 saturated heterocycles. The highest BCUT2D eigenvalue weighted by Crippen LogP contribution is 2.28. The van der Waals surface area contributed by atoms with Crippen LogP contribution in [0.2, 0.25) is 0 Å². The molecule has 0 aliphatic heterocycles. The van der Waals surface area contributed by atoms with Crippen LogP contribution in [-0.2, 0) is 12.8 Å². The summed E-state index contributed by atoms with van der Waals surface area (Å²) in [6, 6.07) is 11.9. The Morgan fingerprint density at radius 2 is 1.14 bits per heavy atom. The molecular formula is C25H36N4O4S2. The summed E-state index contributed by atoms with van der Waals surface area (Å²) in [6.07, 6.45) is 1.62. The van der Waals surface area contributed by atoms with E-state index in [0.29, 0.717) is 29.9 Å². The van der Waals surface area contributed by atoms with Gasteiger partial charge in [-0.25, -0.2) is 0 Å². The van der Waals surface area contributed by atoms with Crippen molar-refractivity contribution in [1.82, 2.24) is 21.3 Å². The molecule has 0 fully saturated rings. The third-order valence-corrected chi connectivity index (χ3v) is 5.79. The Bertz CT molecular complexity index is 974. The molecule has 192 valence electrons. The number of nitrogens with one attached hydrogen (secondary N) is 4. The van der Waals surface area contributed by atoms with Gasteiger partial charge in [-0.15, -0.1) is 0 Å². The third-order valence-electron chi connectivity index (χ3n) is 5.24. The molecule has 4 N–H and O–H groups in total. The molecule has 0 unspecified atom stereocenters. The lowest BCUT2D eigenvalue weighted by molar-refractivity contribution is 0.354. The molecule has 0 aromatic heterocycles. The lowest BCUT2D eigenvalue weighted by atomic mass is 10.1. The second-order valence-corrected chi connectivity index (χ2v) is 8.63. The van der Waals surface area contributed by atoms with Crippen LogP contribution in [0.3, 0.4) is 0 Å². The molecule has 2 rings (SSSR count). The van der Waals surface area contributed by atoms with Gasteiger partial charge in [0.25, 0.3) is 0 Å². The van der Waals surface area contributed by atoms with Crippen molar-refractivity contribution in [2.75, 3.05) is 48.1 Å². The van der Waals surface area contributed by atoms with Gasteiger partial charge in [0.1, 0.15) is 0 Å². The first-order chi connectivity index (χ1) is 16.9. The number of hydrogen-bond donors (Lipinski definition) is 4. The Morgan fingerprint density at radius 3 is 1.60 bits per heavy atom. The van der Waals surface area contributed by atoms with Gasteiger partial charge in [0.15, 0.2) is 33.2 Å². The zero-order valence-electron chi connectivity index (χ0n) is 21.0. The second-order valence-electron chi connectivity index (χ2n) is 7.82. The largest absolute Gasteiger partial charge is 0.493 e. The van der Waals surface area contributed by atoms with Crippen molar-refractivity contribution in [2.45, 2.75) is 25.8 Å². The number of benzene rings is 2. The summed E-state index contributed by atoms with van der Waals surface area (Å²) in [4.78, 5) is 0. The maximum Gasteiger partial charge on any atom is 0.166 e. The van der Waals surface area contributed by atoms with Gasteiger partial charge in [0.2, 0.25) is 0 Å². The molecule has 1 atom stereocenters. The van der Waals surface area contributed by atoms with E-state index in [-0.39, 0.29) is 6.04 Å². The Kier molecular flexibility index (Phi) is 12.2. The quantitative estimate of drug-likeness (QED) is 0.296. The van der Waals surface area contributed by atoms with E-state index >= 15 is 0 Å². The van der Waals surface area contributed by atoms with E-state index < -0.39 is 0 Å². The lowest BCUT2D eigenvalue weighted by Gasteiger charge is -2.19. The van der Waals surface area contributed by atoms with Crippen LogP contribution in [0.5, 0.6) is 23.0 Å². The smallest absolute Gasteiger partial charge is 0.166 e. The van der Waals surface area contributed by atoms with E-state index in [1.54, 1.807) is 28.4 Å². The zero-order valence-corrected chi connectivity index (χ0v) is 22.7. The molecular weight excluding hydrogens is 484 g/mol. The van der Waals surface area contributed by atoms with Gasteiger partial charge in [-0.1, -0.05) is 12.1 Å². The van der Waals surface area contributed by atoms with Crippen molar-refractivity contribution in [3.05, 3.63) is 47.5 Å². The fraction of sp³-hybridized carbons (Fsp3) is 0.440. The number of methoxy groups -OCH3 is 4. The summed E-state index contributed by atoms with van der Waals surface area (Å²) in [6.45, 7) is 4.10. The van der Waals surface area contributed by atoms with Crippen LogP contribution in [-0.4, -0.2) is 64.3 Å². The molecule has 0 radical (unpaired) electrons. The normalized spacial score (nSPS) is 11.1. The third kappa shape index (κ3) is 9.65. The van der Waals surface area contributed by atoms with Gasteiger partial charge in [0.05, 0.1) is 28.4 Å². The minimum atomic E-state index is 0.0988. The number of thiocarbonyl (C=S) groups is 2. The van der Waals surface area contributed by atoms with Gasteiger partial charge in [-0.05, 0) is 79.6 Å². The Hall–Kier alpha value is -2.98. The Labute approximate surface area is 219 Å². The van der Waals surface area contributed by atoms with E-state index in [9.17, 15) is 0 Å². The molecule has 10 heteroatoms. The highest BCUT2D eigenvalue weighted by molar-refractivity contribution is 7.80. The molecule has 2 aromatic carbocycles. The van der Waals surface area contributed by atoms with Gasteiger partial charge < -0.3 is 40.2 Å². The van der Waals surface area contributed by atoms with Crippen molar-refractivity contribution in [2.24, 2.45) is 0 Å². The van der Waals surface area contributed by atoms with Crippen LogP contribution in [0.25, 0.3) is 0 Å². The van der Waals surface area contributed by atoms with Gasteiger partial charge in [-0.3, -0.25) is 0 Å². The fourth-order valence-electron chi connectivity index (χ4n) is 3.35. The number of hydrogen-bond acceptors (Lipinski definition) is 6. The van der Waals surface area contributed by atoms with Crippen LogP contribution in [0.15, 0.2) is 36.4 Å². The molecule has 0 spiro atoms. The minimum absolute atomic E-state index is 0.0988. The molecule has 35 heavy (non-hydrogen) atoms. The number of rotatable bonds is 13. The van der Waals surface area contributed by atoms with E-state index in [2.05, 4.69) is 21.3 Å². The van der Waals surface area contributed by atoms with Crippen molar-refractivity contribution in [3.8, 4) is 23.0 Å². The fourth-order valence-corrected chi connectivity index (χ4v) is 3.84. The average molecular weight is 521 g/mol. The van der Waals surface area contributed by atoms with E-state index in [1.807, 2.05) is 43.3 Å². The zero-order chi connectivity index (χ0) is 25.6. The van der Waals surface area contributed by atoms with Crippen molar-refractivity contribution >= 4 is 34.7 Å². The summed E-state index contributed by atoms with van der Waals surface area (Å²) >= 11 is 10.8. The summed E-state index contributed by atoms with van der Waals surface area (Å²) in [5.41, 5.74) is 2.27. The summed E-state index contributed by atoms with van der Waals surface area (Å²) in [7, 11) is 6.52. The molecule has 0 aliphatic carbocycles. The van der Waals surface area contributed by atoms with Crippen LogP contribution in [0, 0.1) is 0 Å². The highest BCUT2D eigenvalue weighted by Gasteiger charge is 2.08. The van der Waals surface area contributed by atoms with Crippen molar-refractivity contribution in [1.29, 1.82) is 0 Å². The lowest BCUT2D eigenvalue weighted by Crippen LogP contribution is -2.48. The molecule has 2 aromatic rings. The monoisotopic (exact) mass is 520 g/mol. The predicted molar refractivity (Wildman–Crippen MR) is 148 cm³/mol. The Balaban J connectivity index is 1.63. The van der Waals surface area contributed by atoms with Crippen molar-refractivity contribution < 1.29 is 18.9 Å². The predicted octanol–water partition coefficient (Wildman–Crippen LogP) is 2.82. The molecule has 0 amide bonds. The van der Waals surface area contributed by atoms with Gasteiger partial charge >= 0.3 is 0 Å². The first kappa shape index (κ1) is 28.3. The van der Waals surface area contributed by atoms with Crippen LogP contribution in [0.4, 0.5) is 0 Å². The standard InChI is InChI=1S/C25H36N4O4S2/c1-17(29-25(35)27-13-11-19-7-9-21(31-3)23(15-19)33-5)16-28-24(34)26-12-10-18-6-8-20(30-2)22(14-18)32-4/h6-9,14-15,17H,10-13,16H2,1-5H3,(H2,26,28,34)(H2,27,29,35)/t17-/m0/s1.